The summed E-state index contributed by atoms with van der Waals surface area (Å²) >= 11 is 5.34. The molecule has 6 nitrogen and oxygen atoms in total. The molecule has 0 aromatic heterocycles. The Labute approximate surface area is 183 Å². The van der Waals surface area contributed by atoms with Crippen LogP contribution in [0.25, 0.3) is 0 Å². The molecule has 3 N–H and O–H groups in total. The number of thiocarbonyl (C=S) groups is 1. The topological polar surface area (TPSA) is 71.6 Å². The molecule has 2 aromatic carbocycles. The molecular weight excluding hydrogens is 398 g/mol. The monoisotopic (exact) mass is 427 g/mol. The fourth-order valence-corrected chi connectivity index (χ4v) is 3.73. The summed E-state index contributed by atoms with van der Waals surface area (Å²) in [6, 6.07) is 17.0. The maximum atomic E-state index is 12.6. The molecule has 2 atom stereocenters. The van der Waals surface area contributed by atoms with E-state index in [-0.39, 0.29) is 5.91 Å². The van der Waals surface area contributed by atoms with Crippen LogP contribution in [0.3, 0.4) is 0 Å². The molecule has 1 amide bonds. The molecule has 30 heavy (non-hydrogen) atoms. The van der Waals surface area contributed by atoms with Gasteiger partial charge in [0, 0.05) is 6.04 Å². The van der Waals surface area contributed by atoms with E-state index in [0.717, 1.165) is 12.2 Å². The first-order valence-electron chi connectivity index (χ1n) is 10.4. The summed E-state index contributed by atoms with van der Waals surface area (Å²) in [5.41, 5.74) is 5.89. The molecule has 7 heteroatoms. The van der Waals surface area contributed by atoms with Gasteiger partial charge < -0.3 is 14.8 Å². The van der Waals surface area contributed by atoms with Crippen LogP contribution >= 0.6 is 12.2 Å². The van der Waals surface area contributed by atoms with Crippen LogP contribution in [0.1, 0.15) is 43.0 Å². The number of nitrogens with one attached hydrogen (secondary N) is 3. The lowest BCUT2D eigenvalue weighted by molar-refractivity contribution is 0.0938. The highest BCUT2D eigenvalue weighted by atomic mass is 32.1. The van der Waals surface area contributed by atoms with Crippen LogP contribution in [0.4, 0.5) is 0 Å². The Morgan fingerprint density at radius 2 is 1.67 bits per heavy atom. The molecule has 0 radical (unpaired) electrons. The van der Waals surface area contributed by atoms with Crippen LogP contribution in [-0.2, 0) is 0 Å². The van der Waals surface area contributed by atoms with Crippen molar-refractivity contribution in [2.24, 2.45) is 5.92 Å². The first-order valence-corrected chi connectivity index (χ1v) is 10.8. The average Bonchev–Trinajstić information content (AvgIpc) is 2.78. The summed E-state index contributed by atoms with van der Waals surface area (Å²) in [5, 5.41) is 3.73. The van der Waals surface area contributed by atoms with E-state index in [4.69, 9.17) is 21.7 Å². The maximum Gasteiger partial charge on any atom is 0.273 e. The Bertz CT molecular complexity index is 831. The number of amides is 1. The maximum absolute atomic E-state index is 12.6. The van der Waals surface area contributed by atoms with Crippen molar-refractivity contribution in [3.63, 3.8) is 0 Å². The number of benzene rings is 2. The van der Waals surface area contributed by atoms with E-state index in [1.807, 2.05) is 36.4 Å². The summed E-state index contributed by atoms with van der Waals surface area (Å²) in [6.45, 7) is 2.94. The molecule has 1 saturated carbocycles. The first kappa shape index (κ1) is 21.9. The SMILES string of the molecule is C[C@H]1CCCC[C@H]1NC(=S)NNC(=O)c1ccccc1OCCOc1ccccc1. The van der Waals surface area contributed by atoms with Crippen molar-refractivity contribution < 1.29 is 14.3 Å². The van der Waals surface area contributed by atoms with Gasteiger partial charge in [0.2, 0.25) is 0 Å². The molecule has 0 unspecified atom stereocenters. The van der Waals surface area contributed by atoms with Crippen LogP contribution in [-0.4, -0.2) is 30.3 Å². The Balaban J connectivity index is 1.45. The van der Waals surface area contributed by atoms with Crippen molar-refractivity contribution in [1.82, 2.24) is 16.2 Å². The molecule has 160 valence electrons. The molecule has 1 aliphatic carbocycles. The second-order valence-corrected chi connectivity index (χ2v) is 7.84. The molecule has 2 aromatic rings. The minimum absolute atomic E-state index is 0.310. The predicted octanol–water partition coefficient (Wildman–Crippen LogP) is 3.83. The number of carbonyl (C=O) groups excluding carboxylic acids is 1. The minimum atomic E-state index is -0.310. The van der Waals surface area contributed by atoms with Gasteiger partial charge in [-0.3, -0.25) is 15.6 Å². The van der Waals surface area contributed by atoms with Crippen LogP contribution in [0.5, 0.6) is 11.5 Å². The van der Waals surface area contributed by atoms with Gasteiger partial charge in [-0.1, -0.05) is 50.1 Å². The van der Waals surface area contributed by atoms with Gasteiger partial charge in [0.05, 0.1) is 5.56 Å². The zero-order valence-corrected chi connectivity index (χ0v) is 18.0. The van der Waals surface area contributed by atoms with Crippen LogP contribution in [0, 0.1) is 5.92 Å². The number of ether oxygens (including phenoxy) is 2. The molecule has 0 heterocycles. The molecule has 1 aliphatic rings. The molecule has 0 saturated heterocycles. The number of carbonyl (C=O) groups is 1. The van der Waals surface area contributed by atoms with E-state index >= 15 is 0 Å². The van der Waals surface area contributed by atoms with E-state index in [2.05, 4.69) is 23.1 Å². The third kappa shape index (κ3) is 6.62. The van der Waals surface area contributed by atoms with Gasteiger partial charge in [-0.25, -0.2) is 0 Å². The van der Waals surface area contributed by atoms with Crippen molar-refractivity contribution in [3.05, 3.63) is 60.2 Å². The third-order valence-electron chi connectivity index (χ3n) is 5.20. The van der Waals surface area contributed by atoms with E-state index in [9.17, 15) is 4.79 Å². The molecule has 0 aliphatic heterocycles. The van der Waals surface area contributed by atoms with Crippen LogP contribution < -0.4 is 25.6 Å². The van der Waals surface area contributed by atoms with Crippen molar-refractivity contribution in [2.45, 2.75) is 38.6 Å². The Kier molecular flexibility index (Phi) is 8.32. The van der Waals surface area contributed by atoms with Gasteiger partial charge in [-0.05, 0) is 55.2 Å². The fraction of sp³-hybridized carbons (Fsp3) is 0.391. The first-order chi connectivity index (χ1) is 14.6. The predicted molar refractivity (Wildman–Crippen MR) is 122 cm³/mol. The van der Waals surface area contributed by atoms with Gasteiger partial charge in [-0.15, -0.1) is 0 Å². The molecule has 0 bridgehead atoms. The fourth-order valence-electron chi connectivity index (χ4n) is 3.52. The van der Waals surface area contributed by atoms with E-state index in [1.165, 1.54) is 19.3 Å². The van der Waals surface area contributed by atoms with E-state index in [0.29, 0.717) is 41.6 Å². The number of rotatable bonds is 7. The smallest absolute Gasteiger partial charge is 0.273 e. The zero-order valence-electron chi connectivity index (χ0n) is 17.2. The number of hydrazine groups is 1. The van der Waals surface area contributed by atoms with Crippen molar-refractivity contribution >= 4 is 23.2 Å². The number of hydrogen-bond donors (Lipinski definition) is 3. The lowest BCUT2D eigenvalue weighted by Gasteiger charge is -2.30. The standard InChI is InChI=1S/C23H29N3O3S/c1-17-9-5-7-13-20(17)24-23(30)26-25-22(27)19-12-6-8-14-21(19)29-16-15-28-18-10-3-2-4-11-18/h2-4,6,8,10-12,14,17,20H,5,7,9,13,15-16H2,1H3,(H,25,27)(H2,24,26,30)/t17-,20+/m0/s1. The normalized spacial score (nSPS) is 18.2. The largest absolute Gasteiger partial charge is 0.490 e. The Hall–Kier alpha value is -2.80. The number of para-hydroxylation sites is 2. The molecular formula is C23H29N3O3S. The van der Waals surface area contributed by atoms with Crippen molar-refractivity contribution in [1.29, 1.82) is 0 Å². The summed E-state index contributed by atoms with van der Waals surface area (Å²) in [5.74, 6) is 1.54. The third-order valence-corrected chi connectivity index (χ3v) is 5.42. The summed E-state index contributed by atoms with van der Waals surface area (Å²) < 4.78 is 11.4. The highest BCUT2D eigenvalue weighted by Gasteiger charge is 2.22. The summed E-state index contributed by atoms with van der Waals surface area (Å²) in [7, 11) is 0. The van der Waals surface area contributed by atoms with Crippen molar-refractivity contribution in [2.75, 3.05) is 13.2 Å². The quantitative estimate of drug-likeness (QED) is 0.354. The van der Waals surface area contributed by atoms with Crippen LogP contribution in [0.2, 0.25) is 0 Å². The Morgan fingerprint density at radius 1 is 0.967 bits per heavy atom. The highest BCUT2D eigenvalue weighted by Crippen LogP contribution is 2.23. The van der Waals surface area contributed by atoms with Gasteiger partial charge >= 0.3 is 0 Å². The highest BCUT2D eigenvalue weighted by molar-refractivity contribution is 7.80. The molecule has 0 spiro atoms. The minimum Gasteiger partial charge on any atom is -0.490 e. The molecule has 3 rings (SSSR count). The van der Waals surface area contributed by atoms with Gasteiger partial charge in [-0.2, -0.15) is 0 Å². The second-order valence-electron chi connectivity index (χ2n) is 7.43. The van der Waals surface area contributed by atoms with Gasteiger partial charge in [0.1, 0.15) is 24.7 Å². The van der Waals surface area contributed by atoms with Gasteiger partial charge in [0.25, 0.3) is 5.91 Å². The number of hydrogen-bond acceptors (Lipinski definition) is 4. The lowest BCUT2D eigenvalue weighted by atomic mass is 9.86. The summed E-state index contributed by atoms with van der Waals surface area (Å²) in [4.78, 5) is 12.6. The van der Waals surface area contributed by atoms with Gasteiger partial charge in [0.15, 0.2) is 5.11 Å². The van der Waals surface area contributed by atoms with Crippen molar-refractivity contribution in [3.8, 4) is 11.5 Å². The lowest BCUT2D eigenvalue weighted by Crippen LogP contribution is -2.51. The summed E-state index contributed by atoms with van der Waals surface area (Å²) in [6.07, 6.45) is 4.77. The second kappa shape index (κ2) is 11.4. The van der Waals surface area contributed by atoms with E-state index in [1.54, 1.807) is 18.2 Å². The zero-order chi connectivity index (χ0) is 21.2. The molecule has 1 fully saturated rings. The van der Waals surface area contributed by atoms with Crippen LogP contribution in [0.15, 0.2) is 54.6 Å². The Morgan fingerprint density at radius 3 is 2.47 bits per heavy atom. The van der Waals surface area contributed by atoms with E-state index < -0.39 is 0 Å². The average molecular weight is 428 g/mol.